The van der Waals surface area contributed by atoms with Gasteiger partial charge in [0.05, 0.1) is 12.3 Å². The van der Waals surface area contributed by atoms with Crippen LogP contribution in [-0.2, 0) is 6.42 Å². The third-order valence-electron chi connectivity index (χ3n) is 4.26. The molecule has 1 saturated heterocycles. The number of rotatable bonds is 6. The van der Waals surface area contributed by atoms with Crippen molar-refractivity contribution in [3.05, 3.63) is 29.8 Å². The van der Waals surface area contributed by atoms with Crippen LogP contribution in [0.3, 0.4) is 0 Å². The van der Waals surface area contributed by atoms with Crippen molar-refractivity contribution in [3.63, 3.8) is 0 Å². The Morgan fingerprint density at radius 3 is 2.57 bits per heavy atom. The van der Waals surface area contributed by atoms with Crippen LogP contribution in [0.4, 0.5) is 0 Å². The summed E-state index contributed by atoms with van der Waals surface area (Å²) in [5.74, 6) is 0.959. The molecule has 0 bridgehead atoms. The molecule has 0 amide bonds. The first-order valence-corrected chi connectivity index (χ1v) is 8.37. The van der Waals surface area contributed by atoms with Gasteiger partial charge in [-0.05, 0) is 57.0 Å². The molecule has 1 aromatic carbocycles. The molecule has 1 atom stereocenters. The lowest BCUT2D eigenvalue weighted by Gasteiger charge is -2.38. The number of hydrogen-bond acceptors (Lipinski definition) is 3. The zero-order valence-electron chi connectivity index (χ0n) is 13.6. The number of benzene rings is 1. The standard InChI is InChI=1S/C18H30N2O/c1-3-13-21-17-10-8-9-16(14-17)15-18(2,19)20-11-6-4-5-7-12-20/h8-10,14H,3-7,11-13,15,19H2,1-2H3. The van der Waals surface area contributed by atoms with E-state index in [9.17, 15) is 0 Å². The summed E-state index contributed by atoms with van der Waals surface area (Å²) < 4.78 is 5.72. The summed E-state index contributed by atoms with van der Waals surface area (Å²) in [6, 6.07) is 8.39. The molecular formula is C18H30N2O. The van der Waals surface area contributed by atoms with Gasteiger partial charge in [-0.1, -0.05) is 31.9 Å². The van der Waals surface area contributed by atoms with Gasteiger partial charge in [0, 0.05) is 6.42 Å². The van der Waals surface area contributed by atoms with Crippen molar-refractivity contribution in [3.8, 4) is 5.75 Å². The van der Waals surface area contributed by atoms with Crippen LogP contribution in [0, 0.1) is 0 Å². The first-order chi connectivity index (χ1) is 10.1. The zero-order valence-corrected chi connectivity index (χ0v) is 13.6. The molecule has 1 heterocycles. The Bertz CT molecular complexity index is 423. The van der Waals surface area contributed by atoms with Gasteiger partial charge in [-0.15, -0.1) is 0 Å². The minimum atomic E-state index is -0.270. The summed E-state index contributed by atoms with van der Waals surface area (Å²) in [7, 11) is 0. The second-order valence-corrected chi connectivity index (χ2v) is 6.43. The Morgan fingerprint density at radius 2 is 1.90 bits per heavy atom. The minimum absolute atomic E-state index is 0.270. The molecule has 2 N–H and O–H groups in total. The molecule has 2 rings (SSSR count). The normalized spacial score (nSPS) is 19.8. The fourth-order valence-corrected chi connectivity index (χ4v) is 3.07. The highest BCUT2D eigenvalue weighted by atomic mass is 16.5. The van der Waals surface area contributed by atoms with Crippen LogP contribution in [0.5, 0.6) is 5.75 Å². The molecule has 21 heavy (non-hydrogen) atoms. The fraction of sp³-hybridized carbons (Fsp3) is 0.667. The molecule has 1 unspecified atom stereocenters. The first-order valence-electron chi connectivity index (χ1n) is 8.37. The molecule has 0 saturated carbocycles. The molecule has 1 aliphatic heterocycles. The van der Waals surface area contributed by atoms with E-state index in [-0.39, 0.29) is 5.66 Å². The summed E-state index contributed by atoms with van der Waals surface area (Å²) in [4.78, 5) is 2.46. The van der Waals surface area contributed by atoms with Gasteiger partial charge >= 0.3 is 0 Å². The van der Waals surface area contributed by atoms with E-state index in [0.717, 1.165) is 38.3 Å². The van der Waals surface area contributed by atoms with Gasteiger partial charge in [0.25, 0.3) is 0 Å². The van der Waals surface area contributed by atoms with E-state index in [1.807, 2.05) is 6.07 Å². The second kappa shape index (κ2) is 7.81. The Kier molecular flexibility index (Phi) is 6.07. The average Bonchev–Trinajstić information content (AvgIpc) is 2.74. The van der Waals surface area contributed by atoms with Gasteiger partial charge in [0.2, 0.25) is 0 Å². The quantitative estimate of drug-likeness (QED) is 0.870. The highest BCUT2D eigenvalue weighted by Gasteiger charge is 2.28. The maximum Gasteiger partial charge on any atom is 0.119 e. The molecule has 1 aliphatic rings. The molecule has 3 nitrogen and oxygen atoms in total. The number of nitrogens with two attached hydrogens (primary N) is 1. The highest BCUT2D eigenvalue weighted by molar-refractivity contribution is 5.29. The SMILES string of the molecule is CCCOc1cccc(CC(C)(N)N2CCCCCC2)c1. The van der Waals surface area contributed by atoms with Crippen molar-refractivity contribution < 1.29 is 4.74 Å². The van der Waals surface area contributed by atoms with Crippen LogP contribution >= 0.6 is 0 Å². The van der Waals surface area contributed by atoms with Gasteiger partial charge < -0.3 is 10.5 Å². The fourth-order valence-electron chi connectivity index (χ4n) is 3.07. The predicted octanol–water partition coefficient (Wildman–Crippen LogP) is 3.57. The van der Waals surface area contributed by atoms with E-state index < -0.39 is 0 Å². The largest absolute Gasteiger partial charge is 0.494 e. The lowest BCUT2D eigenvalue weighted by Crippen LogP contribution is -2.55. The topological polar surface area (TPSA) is 38.5 Å². The van der Waals surface area contributed by atoms with Crippen molar-refractivity contribution >= 4 is 0 Å². The number of likely N-dealkylation sites (tertiary alicyclic amines) is 1. The average molecular weight is 290 g/mol. The van der Waals surface area contributed by atoms with E-state index in [0.29, 0.717) is 0 Å². The molecule has 0 spiro atoms. The monoisotopic (exact) mass is 290 g/mol. The second-order valence-electron chi connectivity index (χ2n) is 6.43. The Morgan fingerprint density at radius 1 is 1.19 bits per heavy atom. The third kappa shape index (κ3) is 5.01. The lowest BCUT2D eigenvalue weighted by atomic mass is 9.99. The van der Waals surface area contributed by atoms with Crippen molar-refractivity contribution in [1.29, 1.82) is 0 Å². The van der Waals surface area contributed by atoms with Crippen LogP contribution in [-0.4, -0.2) is 30.3 Å². The Labute approximate surface area is 129 Å². The van der Waals surface area contributed by atoms with Gasteiger partial charge in [-0.3, -0.25) is 4.90 Å². The molecule has 1 fully saturated rings. The Hall–Kier alpha value is -1.06. The molecule has 118 valence electrons. The van der Waals surface area contributed by atoms with Crippen LogP contribution < -0.4 is 10.5 Å². The van der Waals surface area contributed by atoms with E-state index in [1.54, 1.807) is 0 Å². The number of nitrogens with zero attached hydrogens (tertiary/aromatic N) is 1. The van der Waals surface area contributed by atoms with Crippen molar-refractivity contribution in [2.45, 2.75) is 58.0 Å². The van der Waals surface area contributed by atoms with Crippen molar-refractivity contribution in [2.75, 3.05) is 19.7 Å². The first kappa shape index (κ1) is 16.3. The van der Waals surface area contributed by atoms with Gasteiger partial charge in [-0.25, -0.2) is 0 Å². The Balaban J connectivity index is 2.01. The van der Waals surface area contributed by atoms with Crippen LogP contribution in [0.2, 0.25) is 0 Å². The van der Waals surface area contributed by atoms with Crippen LogP contribution in [0.15, 0.2) is 24.3 Å². The molecular weight excluding hydrogens is 260 g/mol. The summed E-state index contributed by atoms with van der Waals surface area (Å²) in [6.45, 7) is 7.31. The molecule has 0 radical (unpaired) electrons. The number of hydrogen-bond donors (Lipinski definition) is 1. The van der Waals surface area contributed by atoms with Crippen LogP contribution in [0.25, 0.3) is 0 Å². The van der Waals surface area contributed by atoms with Crippen molar-refractivity contribution in [1.82, 2.24) is 4.90 Å². The zero-order chi connectivity index (χ0) is 15.1. The van der Waals surface area contributed by atoms with Gasteiger partial charge in [0.15, 0.2) is 0 Å². The van der Waals surface area contributed by atoms with E-state index in [1.165, 1.54) is 31.2 Å². The smallest absolute Gasteiger partial charge is 0.119 e. The number of ether oxygens (including phenoxy) is 1. The molecule has 1 aromatic rings. The lowest BCUT2D eigenvalue weighted by molar-refractivity contribution is 0.113. The third-order valence-corrected chi connectivity index (χ3v) is 4.26. The summed E-state index contributed by atoms with van der Waals surface area (Å²) in [5.41, 5.74) is 7.62. The van der Waals surface area contributed by atoms with Crippen molar-refractivity contribution in [2.24, 2.45) is 5.73 Å². The molecule has 0 aliphatic carbocycles. The van der Waals surface area contributed by atoms with E-state index in [4.69, 9.17) is 10.5 Å². The van der Waals surface area contributed by atoms with E-state index in [2.05, 4.69) is 36.9 Å². The predicted molar refractivity (Wildman–Crippen MR) is 88.6 cm³/mol. The van der Waals surface area contributed by atoms with E-state index >= 15 is 0 Å². The maximum atomic E-state index is 6.63. The maximum absolute atomic E-state index is 6.63. The summed E-state index contributed by atoms with van der Waals surface area (Å²) >= 11 is 0. The molecule has 0 aromatic heterocycles. The molecule has 3 heteroatoms. The summed E-state index contributed by atoms with van der Waals surface area (Å²) in [6.07, 6.45) is 7.13. The van der Waals surface area contributed by atoms with Gasteiger partial charge in [0.1, 0.15) is 5.75 Å². The van der Waals surface area contributed by atoms with Gasteiger partial charge in [-0.2, -0.15) is 0 Å². The minimum Gasteiger partial charge on any atom is -0.494 e. The summed E-state index contributed by atoms with van der Waals surface area (Å²) in [5, 5.41) is 0. The van der Waals surface area contributed by atoms with Crippen LogP contribution in [0.1, 0.15) is 51.5 Å². The highest BCUT2D eigenvalue weighted by Crippen LogP contribution is 2.22.